The van der Waals surface area contributed by atoms with Crippen LogP contribution in [0.5, 0.6) is 0 Å². The molecule has 5 nitrogen and oxygen atoms in total. The van der Waals surface area contributed by atoms with E-state index in [-0.39, 0.29) is 24.4 Å². The number of halogens is 2. The van der Waals surface area contributed by atoms with E-state index in [2.05, 4.69) is 10.6 Å². The highest BCUT2D eigenvalue weighted by Crippen LogP contribution is 2.17. The first-order chi connectivity index (χ1) is 13.2. The van der Waals surface area contributed by atoms with Gasteiger partial charge in [-0.3, -0.25) is 14.9 Å². The predicted octanol–water partition coefficient (Wildman–Crippen LogP) is 3.41. The summed E-state index contributed by atoms with van der Waals surface area (Å²) >= 11 is 0. The minimum absolute atomic E-state index is 0.0989. The lowest BCUT2D eigenvalue weighted by Crippen LogP contribution is -2.46. The molecule has 0 heterocycles. The van der Waals surface area contributed by atoms with Crippen LogP contribution in [0.2, 0.25) is 0 Å². The Morgan fingerprint density at radius 1 is 1.04 bits per heavy atom. The number of nitrogens with one attached hydrogen (secondary N) is 2. The Kier molecular flexibility index (Phi) is 7.23. The molecule has 2 atom stereocenters. The summed E-state index contributed by atoms with van der Waals surface area (Å²) in [6.45, 7) is 5.26. The van der Waals surface area contributed by atoms with E-state index in [1.807, 2.05) is 19.1 Å². The zero-order valence-corrected chi connectivity index (χ0v) is 16.4. The molecule has 0 saturated carbocycles. The molecule has 0 fully saturated rings. The molecule has 0 spiro atoms. The molecular weight excluding hydrogens is 364 g/mol. The molecule has 0 bridgehead atoms. The van der Waals surface area contributed by atoms with Crippen LogP contribution in [0, 0.1) is 18.6 Å². The van der Waals surface area contributed by atoms with Crippen molar-refractivity contribution in [3.05, 3.63) is 65.2 Å². The Bertz CT molecular complexity index is 840. The number of carbonyl (C=O) groups excluding carboxylic acids is 2. The van der Waals surface area contributed by atoms with E-state index in [0.29, 0.717) is 11.3 Å². The second kappa shape index (κ2) is 9.41. The van der Waals surface area contributed by atoms with Crippen molar-refractivity contribution in [2.45, 2.75) is 32.9 Å². The molecule has 0 aliphatic heterocycles. The second-order valence-corrected chi connectivity index (χ2v) is 6.89. The average Bonchev–Trinajstić information content (AvgIpc) is 2.64. The lowest BCUT2D eigenvalue weighted by atomic mass is 10.1. The molecule has 2 rings (SSSR count). The lowest BCUT2D eigenvalue weighted by Gasteiger charge is -2.24. The van der Waals surface area contributed by atoms with Gasteiger partial charge < -0.3 is 10.2 Å². The van der Waals surface area contributed by atoms with Crippen LogP contribution in [0.3, 0.4) is 0 Å². The van der Waals surface area contributed by atoms with Crippen LogP contribution in [0.1, 0.15) is 31.0 Å². The van der Waals surface area contributed by atoms with Crippen molar-refractivity contribution < 1.29 is 18.4 Å². The van der Waals surface area contributed by atoms with Crippen molar-refractivity contribution >= 4 is 17.5 Å². The van der Waals surface area contributed by atoms with Gasteiger partial charge in [-0.25, -0.2) is 8.78 Å². The largest absolute Gasteiger partial charge is 0.335 e. The molecular formula is C21H25F2N3O2. The highest BCUT2D eigenvalue weighted by Gasteiger charge is 2.22. The van der Waals surface area contributed by atoms with Gasteiger partial charge in [0.2, 0.25) is 11.8 Å². The van der Waals surface area contributed by atoms with E-state index in [1.54, 1.807) is 26.0 Å². The number of rotatable bonds is 7. The van der Waals surface area contributed by atoms with Gasteiger partial charge in [0.1, 0.15) is 0 Å². The number of carbonyl (C=O) groups is 2. The number of hydrogen-bond donors (Lipinski definition) is 2. The maximum absolute atomic E-state index is 13.4. The number of likely N-dealkylation sites (N-methyl/N-ethyl adjacent to an activating group) is 1. The molecule has 2 aromatic rings. The fraction of sp³-hybridized carbons (Fsp3) is 0.333. The van der Waals surface area contributed by atoms with Crippen LogP contribution in [-0.4, -0.2) is 36.3 Å². The number of nitrogens with zero attached hydrogens (tertiary/aromatic N) is 1. The second-order valence-electron chi connectivity index (χ2n) is 6.89. The van der Waals surface area contributed by atoms with E-state index in [1.165, 1.54) is 18.0 Å². The third-order valence-electron chi connectivity index (χ3n) is 4.41. The van der Waals surface area contributed by atoms with Crippen LogP contribution in [-0.2, 0) is 9.59 Å². The van der Waals surface area contributed by atoms with Gasteiger partial charge in [-0.1, -0.05) is 23.8 Å². The highest BCUT2D eigenvalue weighted by molar-refractivity contribution is 5.95. The maximum Gasteiger partial charge on any atom is 0.243 e. The Balaban J connectivity index is 1.89. The molecule has 150 valence electrons. The smallest absolute Gasteiger partial charge is 0.243 e. The van der Waals surface area contributed by atoms with Crippen molar-refractivity contribution in [1.29, 1.82) is 0 Å². The first kappa shape index (κ1) is 21.5. The Morgan fingerprint density at radius 2 is 1.68 bits per heavy atom. The number of benzene rings is 2. The Labute approximate surface area is 163 Å². The Hall–Kier alpha value is -2.80. The van der Waals surface area contributed by atoms with E-state index >= 15 is 0 Å². The molecule has 7 heteroatoms. The third-order valence-corrected chi connectivity index (χ3v) is 4.41. The fourth-order valence-electron chi connectivity index (χ4n) is 2.79. The van der Waals surface area contributed by atoms with Gasteiger partial charge in [-0.05, 0) is 50.6 Å². The standard InChI is InChI=1S/C21H25F2N3O2/c1-13-5-8-17(9-6-13)25-20(27)12-26(4)21(28)15(3)24-14(2)16-7-10-18(22)19(23)11-16/h5-11,14-15,24H,12H2,1-4H3,(H,25,27)/t14-,15+/m1/s1. The minimum Gasteiger partial charge on any atom is -0.335 e. The monoisotopic (exact) mass is 389 g/mol. The van der Waals surface area contributed by atoms with Crippen molar-refractivity contribution in [3.8, 4) is 0 Å². The van der Waals surface area contributed by atoms with Gasteiger partial charge >= 0.3 is 0 Å². The molecule has 0 aliphatic rings. The highest BCUT2D eigenvalue weighted by atomic mass is 19.2. The number of anilines is 1. The molecule has 0 aliphatic carbocycles. The summed E-state index contributed by atoms with van der Waals surface area (Å²) in [6, 6.07) is 9.99. The zero-order chi connectivity index (χ0) is 20.8. The van der Waals surface area contributed by atoms with E-state index in [9.17, 15) is 18.4 Å². The summed E-state index contributed by atoms with van der Waals surface area (Å²) in [5, 5.41) is 5.78. The first-order valence-corrected chi connectivity index (χ1v) is 9.00. The van der Waals surface area contributed by atoms with E-state index < -0.39 is 17.7 Å². The summed E-state index contributed by atoms with van der Waals surface area (Å²) in [5.41, 5.74) is 2.27. The van der Waals surface area contributed by atoms with Crippen LogP contribution in [0.4, 0.5) is 14.5 Å². The topological polar surface area (TPSA) is 61.4 Å². The lowest BCUT2D eigenvalue weighted by molar-refractivity contribution is -0.135. The summed E-state index contributed by atoms with van der Waals surface area (Å²) in [5.74, 6) is -2.44. The SMILES string of the molecule is Cc1ccc(NC(=O)CN(C)C(=O)[C@H](C)N[C@H](C)c2ccc(F)c(F)c2)cc1. The number of hydrogen-bond acceptors (Lipinski definition) is 3. The van der Waals surface area contributed by atoms with E-state index in [0.717, 1.165) is 17.7 Å². The van der Waals surface area contributed by atoms with Crippen LogP contribution in [0.15, 0.2) is 42.5 Å². The molecule has 0 aromatic heterocycles. The predicted molar refractivity (Wildman–Crippen MR) is 105 cm³/mol. The average molecular weight is 389 g/mol. The fourth-order valence-corrected chi connectivity index (χ4v) is 2.79. The van der Waals surface area contributed by atoms with Gasteiger partial charge in [0.15, 0.2) is 11.6 Å². The van der Waals surface area contributed by atoms with Crippen molar-refractivity contribution in [2.75, 3.05) is 18.9 Å². The van der Waals surface area contributed by atoms with Gasteiger partial charge in [-0.15, -0.1) is 0 Å². The first-order valence-electron chi connectivity index (χ1n) is 9.00. The van der Waals surface area contributed by atoms with Crippen molar-refractivity contribution in [3.63, 3.8) is 0 Å². The summed E-state index contributed by atoms with van der Waals surface area (Å²) in [6.07, 6.45) is 0. The summed E-state index contributed by atoms with van der Waals surface area (Å²) < 4.78 is 26.4. The Morgan fingerprint density at radius 3 is 2.29 bits per heavy atom. The summed E-state index contributed by atoms with van der Waals surface area (Å²) in [7, 11) is 1.54. The van der Waals surface area contributed by atoms with Crippen molar-refractivity contribution in [1.82, 2.24) is 10.2 Å². The van der Waals surface area contributed by atoms with Crippen LogP contribution < -0.4 is 10.6 Å². The van der Waals surface area contributed by atoms with Crippen LogP contribution >= 0.6 is 0 Å². The van der Waals surface area contributed by atoms with Gasteiger partial charge in [0.05, 0.1) is 12.6 Å². The zero-order valence-electron chi connectivity index (χ0n) is 16.4. The number of amides is 2. The van der Waals surface area contributed by atoms with Crippen LogP contribution in [0.25, 0.3) is 0 Å². The quantitative estimate of drug-likeness (QED) is 0.763. The molecule has 0 radical (unpaired) electrons. The van der Waals surface area contributed by atoms with Gasteiger partial charge in [0, 0.05) is 18.8 Å². The van der Waals surface area contributed by atoms with Gasteiger partial charge in [0.25, 0.3) is 0 Å². The normalized spacial score (nSPS) is 12.9. The molecule has 0 saturated heterocycles. The maximum atomic E-state index is 13.4. The third kappa shape index (κ3) is 5.85. The molecule has 2 N–H and O–H groups in total. The summed E-state index contributed by atoms with van der Waals surface area (Å²) in [4.78, 5) is 26.0. The molecule has 28 heavy (non-hydrogen) atoms. The molecule has 2 aromatic carbocycles. The minimum atomic E-state index is -0.935. The van der Waals surface area contributed by atoms with Crippen molar-refractivity contribution in [2.24, 2.45) is 0 Å². The number of aryl methyl sites for hydroxylation is 1. The van der Waals surface area contributed by atoms with E-state index in [4.69, 9.17) is 0 Å². The van der Waals surface area contributed by atoms with Gasteiger partial charge in [-0.2, -0.15) is 0 Å². The molecule has 0 unspecified atom stereocenters. The molecule has 2 amide bonds.